The van der Waals surface area contributed by atoms with Crippen LogP contribution in [0.4, 0.5) is 0 Å². The predicted molar refractivity (Wildman–Crippen MR) is 56.1 cm³/mol. The van der Waals surface area contributed by atoms with Crippen LogP contribution in [0.15, 0.2) is 11.8 Å². The maximum absolute atomic E-state index is 11.3. The molecule has 0 aliphatic heterocycles. The number of hydrogen-bond donors (Lipinski definition) is 0. The van der Waals surface area contributed by atoms with Gasteiger partial charge in [-0.25, -0.2) is 9.59 Å². The number of carbonyl (C=O) groups is 2. The van der Waals surface area contributed by atoms with Gasteiger partial charge in [0.05, 0.1) is 19.3 Å². The SMILES string of the molecule is C#CCO/C(=C/C(=O)OCC)C(=O)OCC. The van der Waals surface area contributed by atoms with Crippen LogP contribution in [0.1, 0.15) is 13.8 Å². The Bertz CT molecular complexity index is 311. The molecular weight excluding hydrogens is 212 g/mol. The number of ether oxygens (including phenoxy) is 3. The van der Waals surface area contributed by atoms with Gasteiger partial charge in [0.15, 0.2) is 0 Å². The van der Waals surface area contributed by atoms with E-state index >= 15 is 0 Å². The van der Waals surface area contributed by atoms with Crippen molar-refractivity contribution in [2.75, 3.05) is 19.8 Å². The summed E-state index contributed by atoms with van der Waals surface area (Å²) in [6.45, 7) is 3.56. The van der Waals surface area contributed by atoms with Crippen molar-refractivity contribution in [2.24, 2.45) is 0 Å². The van der Waals surface area contributed by atoms with E-state index in [0.717, 1.165) is 6.08 Å². The van der Waals surface area contributed by atoms with Crippen LogP contribution in [0.5, 0.6) is 0 Å². The zero-order valence-electron chi connectivity index (χ0n) is 9.32. The van der Waals surface area contributed by atoms with Gasteiger partial charge in [-0.3, -0.25) is 0 Å². The van der Waals surface area contributed by atoms with Crippen LogP contribution >= 0.6 is 0 Å². The Morgan fingerprint density at radius 1 is 1.19 bits per heavy atom. The molecule has 0 aliphatic carbocycles. The minimum atomic E-state index is -0.745. The van der Waals surface area contributed by atoms with Gasteiger partial charge in [-0.15, -0.1) is 6.42 Å². The zero-order valence-corrected chi connectivity index (χ0v) is 9.32. The molecule has 0 saturated carbocycles. The van der Waals surface area contributed by atoms with Gasteiger partial charge in [-0.05, 0) is 13.8 Å². The van der Waals surface area contributed by atoms with Crippen LogP contribution in [-0.2, 0) is 23.8 Å². The van der Waals surface area contributed by atoms with E-state index in [9.17, 15) is 9.59 Å². The molecule has 0 atom stereocenters. The van der Waals surface area contributed by atoms with Gasteiger partial charge in [0.1, 0.15) is 6.61 Å². The minimum Gasteiger partial charge on any atom is -0.473 e. The fraction of sp³-hybridized carbons (Fsp3) is 0.455. The molecule has 0 aromatic carbocycles. The van der Waals surface area contributed by atoms with E-state index in [1.807, 2.05) is 0 Å². The van der Waals surface area contributed by atoms with Crippen molar-refractivity contribution in [1.29, 1.82) is 0 Å². The monoisotopic (exact) mass is 226 g/mol. The largest absolute Gasteiger partial charge is 0.473 e. The first-order valence-corrected chi connectivity index (χ1v) is 4.77. The summed E-state index contributed by atoms with van der Waals surface area (Å²) in [5.41, 5.74) is 0. The number of hydrogen-bond acceptors (Lipinski definition) is 5. The second kappa shape index (κ2) is 8.36. The Morgan fingerprint density at radius 3 is 2.31 bits per heavy atom. The maximum Gasteiger partial charge on any atom is 0.373 e. The third-order valence-electron chi connectivity index (χ3n) is 1.32. The van der Waals surface area contributed by atoms with Crippen LogP contribution in [0.25, 0.3) is 0 Å². The Kier molecular flexibility index (Phi) is 7.33. The van der Waals surface area contributed by atoms with Gasteiger partial charge in [0.25, 0.3) is 0 Å². The molecule has 0 unspecified atom stereocenters. The van der Waals surface area contributed by atoms with Gasteiger partial charge < -0.3 is 14.2 Å². The minimum absolute atomic E-state index is 0.121. The van der Waals surface area contributed by atoms with Crippen molar-refractivity contribution in [1.82, 2.24) is 0 Å². The lowest BCUT2D eigenvalue weighted by Gasteiger charge is -2.06. The number of carbonyl (C=O) groups excluding carboxylic acids is 2. The highest BCUT2D eigenvalue weighted by Gasteiger charge is 2.14. The van der Waals surface area contributed by atoms with Crippen molar-refractivity contribution in [3.05, 3.63) is 11.8 Å². The molecule has 0 bridgehead atoms. The van der Waals surface area contributed by atoms with Gasteiger partial charge >= 0.3 is 11.9 Å². The molecule has 0 radical (unpaired) electrons. The molecule has 0 rings (SSSR count). The van der Waals surface area contributed by atoms with Crippen LogP contribution in [-0.4, -0.2) is 31.8 Å². The van der Waals surface area contributed by atoms with E-state index < -0.39 is 11.9 Å². The van der Waals surface area contributed by atoms with Crippen molar-refractivity contribution in [3.8, 4) is 12.3 Å². The highest BCUT2D eigenvalue weighted by atomic mass is 16.6. The standard InChI is InChI=1S/C11H14O5/c1-4-7-16-9(11(13)15-6-3)8-10(12)14-5-2/h1,8H,5-7H2,2-3H3/b9-8+. The highest BCUT2D eigenvalue weighted by Crippen LogP contribution is 2.01. The van der Waals surface area contributed by atoms with Gasteiger partial charge in [0.2, 0.25) is 5.76 Å². The summed E-state index contributed by atoms with van der Waals surface area (Å²) >= 11 is 0. The molecule has 0 fully saturated rings. The molecule has 0 N–H and O–H groups in total. The Morgan fingerprint density at radius 2 is 1.81 bits per heavy atom. The van der Waals surface area contributed by atoms with Crippen molar-refractivity contribution in [2.45, 2.75) is 13.8 Å². The molecular formula is C11H14O5. The predicted octanol–water partition coefficient (Wildman–Crippen LogP) is 0.646. The molecule has 0 heterocycles. The fourth-order valence-electron chi connectivity index (χ4n) is 0.772. The highest BCUT2D eigenvalue weighted by molar-refractivity contribution is 5.94. The molecule has 5 heteroatoms. The quantitative estimate of drug-likeness (QED) is 0.288. The van der Waals surface area contributed by atoms with E-state index in [2.05, 4.69) is 15.4 Å². The molecule has 0 aromatic rings. The van der Waals surface area contributed by atoms with Crippen molar-refractivity contribution in [3.63, 3.8) is 0 Å². The van der Waals surface area contributed by atoms with E-state index in [1.165, 1.54) is 0 Å². The van der Waals surface area contributed by atoms with Gasteiger partial charge in [-0.1, -0.05) is 5.92 Å². The summed E-state index contributed by atoms with van der Waals surface area (Å²) < 4.78 is 14.2. The fourth-order valence-corrected chi connectivity index (χ4v) is 0.772. The second-order valence-electron chi connectivity index (χ2n) is 2.47. The number of rotatable bonds is 6. The third-order valence-corrected chi connectivity index (χ3v) is 1.32. The molecule has 0 spiro atoms. The average Bonchev–Trinajstić information content (AvgIpc) is 2.24. The summed E-state index contributed by atoms with van der Waals surface area (Å²) in [7, 11) is 0. The van der Waals surface area contributed by atoms with Gasteiger partial charge in [0, 0.05) is 0 Å². The number of esters is 2. The number of terminal acetylenes is 1. The molecule has 0 aromatic heterocycles. The lowest BCUT2D eigenvalue weighted by molar-refractivity contribution is -0.144. The van der Waals surface area contributed by atoms with Crippen molar-refractivity contribution < 1.29 is 23.8 Å². The molecule has 88 valence electrons. The second-order valence-corrected chi connectivity index (χ2v) is 2.47. The molecule has 0 amide bonds. The summed E-state index contributed by atoms with van der Waals surface area (Å²) in [6, 6.07) is 0. The normalized spacial score (nSPS) is 10.2. The summed E-state index contributed by atoms with van der Waals surface area (Å²) in [5.74, 6) is 0.503. The lowest BCUT2D eigenvalue weighted by atomic mass is 10.4. The molecule has 0 aliphatic rings. The van der Waals surface area contributed by atoms with Gasteiger partial charge in [-0.2, -0.15) is 0 Å². The Hall–Kier alpha value is -1.96. The first-order chi connectivity index (χ1) is 7.65. The zero-order chi connectivity index (χ0) is 12.4. The van der Waals surface area contributed by atoms with Crippen LogP contribution in [0, 0.1) is 12.3 Å². The maximum atomic E-state index is 11.3. The first-order valence-electron chi connectivity index (χ1n) is 4.77. The van der Waals surface area contributed by atoms with Crippen LogP contribution in [0.2, 0.25) is 0 Å². The first kappa shape index (κ1) is 14.0. The summed E-state index contributed by atoms with van der Waals surface area (Å²) in [6.07, 6.45) is 5.89. The van der Waals surface area contributed by atoms with E-state index in [1.54, 1.807) is 13.8 Å². The molecule has 5 nitrogen and oxygen atoms in total. The van der Waals surface area contributed by atoms with Crippen LogP contribution in [0.3, 0.4) is 0 Å². The van der Waals surface area contributed by atoms with E-state index in [0.29, 0.717) is 0 Å². The van der Waals surface area contributed by atoms with E-state index in [-0.39, 0.29) is 25.6 Å². The Labute approximate surface area is 94.4 Å². The summed E-state index contributed by atoms with van der Waals surface area (Å²) in [5, 5.41) is 0. The molecule has 16 heavy (non-hydrogen) atoms. The lowest BCUT2D eigenvalue weighted by Crippen LogP contribution is -2.13. The van der Waals surface area contributed by atoms with Crippen LogP contribution < -0.4 is 0 Å². The van der Waals surface area contributed by atoms with E-state index in [4.69, 9.17) is 11.2 Å². The smallest absolute Gasteiger partial charge is 0.373 e. The topological polar surface area (TPSA) is 61.8 Å². The Balaban J connectivity index is 4.58. The molecule has 0 saturated heterocycles. The van der Waals surface area contributed by atoms with Crippen molar-refractivity contribution >= 4 is 11.9 Å². The average molecular weight is 226 g/mol. The summed E-state index contributed by atoms with van der Waals surface area (Å²) in [4.78, 5) is 22.4. The third kappa shape index (κ3) is 5.70.